The monoisotopic (exact) mass is 298 g/mol. The number of thiazole rings is 1. The number of nitrogen functional groups attached to an aromatic ring is 1. The molecule has 2 heterocycles. The molecular weight excluding hydrogens is 280 g/mol. The number of carbonyl (C=O) groups excluding carboxylic acids is 1. The molecule has 1 aromatic rings. The second kappa shape index (κ2) is 5.58. The summed E-state index contributed by atoms with van der Waals surface area (Å²) in [7, 11) is 0. The van der Waals surface area contributed by atoms with Gasteiger partial charge in [0.1, 0.15) is 10.7 Å². The number of thioether (sulfide) groups is 1. The van der Waals surface area contributed by atoms with Crippen LogP contribution in [0.25, 0.3) is 0 Å². The molecule has 2 aliphatic rings. The Morgan fingerprint density at radius 1 is 1.42 bits per heavy atom. The van der Waals surface area contributed by atoms with Crippen LogP contribution in [-0.2, 0) is 0 Å². The lowest BCUT2D eigenvalue weighted by atomic mass is 10.2. The summed E-state index contributed by atoms with van der Waals surface area (Å²) in [5.41, 5.74) is 5.82. The van der Waals surface area contributed by atoms with Gasteiger partial charge in [0, 0.05) is 17.8 Å². The fourth-order valence-corrected chi connectivity index (χ4v) is 4.13. The van der Waals surface area contributed by atoms with Crippen LogP contribution in [0.5, 0.6) is 0 Å². The van der Waals surface area contributed by atoms with Gasteiger partial charge in [0.15, 0.2) is 5.13 Å². The van der Waals surface area contributed by atoms with Gasteiger partial charge in [0.05, 0.1) is 0 Å². The van der Waals surface area contributed by atoms with Gasteiger partial charge < -0.3 is 16.4 Å². The van der Waals surface area contributed by atoms with Crippen LogP contribution in [0.3, 0.4) is 0 Å². The number of anilines is 2. The van der Waals surface area contributed by atoms with E-state index in [0.29, 0.717) is 22.0 Å². The second-order valence-electron chi connectivity index (χ2n) is 5.00. The van der Waals surface area contributed by atoms with E-state index in [-0.39, 0.29) is 5.91 Å². The van der Waals surface area contributed by atoms with Crippen LogP contribution in [-0.4, -0.2) is 34.5 Å². The molecule has 0 spiro atoms. The van der Waals surface area contributed by atoms with Crippen LogP contribution >= 0.6 is 23.1 Å². The molecule has 5 nitrogen and oxygen atoms in total. The highest BCUT2D eigenvalue weighted by molar-refractivity contribution is 8.00. The van der Waals surface area contributed by atoms with E-state index in [9.17, 15) is 4.79 Å². The van der Waals surface area contributed by atoms with Crippen molar-refractivity contribution in [3.05, 3.63) is 4.88 Å². The number of hydrogen-bond donors (Lipinski definition) is 3. The molecule has 1 aliphatic carbocycles. The molecular formula is C12H18N4OS2. The third-order valence-corrected chi connectivity index (χ3v) is 5.68. The Balaban J connectivity index is 1.56. The van der Waals surface area contributed by atoms with E-state index in [1.54, 1.807) is 0 Å². The number of rotatable bonds is 5. The van der Waals surface area contributed by atoms with Crippen molar-refractivity contribution in [3.63, 3.8) is 0 Å². The third kappa shape index (κ3) is 3.33. The van der Waals surface area contributed by atoms with Crippen molar-refractivity contribution in [1.82, 2.24) is 10.3 Å². The van der Waals surface area contributed by atoms with Crippen molar-refractivity contribution >= 4 is 40.0 Å². The van der Waals surface area contributed by atoms with Crippen molar-refractivity contribution < 1.29 is 4.79 Å². The molecule has 104 valence electrons. The summed E-state index contributed by atoms with van der Waals surface area (Å²) >= 11 is 3.29. The Labute approximate surface area is 120 Å². The summed E-state index contributed by atoms with van der Waals surface area (Å²) in [5, 5.41) is 7.56. The molecule has 2 fully saturated rings. The number of nitrogens with two attached hydrogens (primary N) is 1. The highest BCUT2D eigenvalue weighted by Crippen LogP contribution is 2.30. The zero-order chi connectivity index (χ0) is 13.2. The fraction of sp³-hybridized carbons (Fsp3) is 0.667. The zero-order valence-electron chi connectivity index (χ0n) is 10.6. The summed E-state index contributed by atoms with van der Waals surface area (Å²) in [6.07, 6.45) is 4.81. The number of carbonyl (C=O) groups is 1. The first-order valence-corrected chi connectivity index (χ1v) is 8.51. The summed E-state index contributed by atoms with van der Waals surface area (Å²) in [5.74, 6) is 1.45. The highest BCUT2D eigenvalue weighted by Gasteiger charge is 2.24. The van der Waals surface area contributed by atoms with Gasteiger partial charge in [0.25, 0.3) is 5.91 Å². The van der Waals surface area contributed by atoms with Crippen molar-refractivity contribution in [2.45, 2.75) is 37.0 Å². The largest absolute Gasteiger partial charge is 0.382 e. The minimum absolute atomic E-state index is 0.0913. The van der Waals surface area contributed by atoms with Crippen molar-refractivity contribution in [2.75, 3.05) is 23.3 Å². The molecule has 0 aromatic carbocycles. The Hall–Kier alpha value is -0.950. The number of nitrogens with zero attached hydrogens (tertiary/aromatic N) is 1. The van der Waals surface area contributed by atoms with E-state index >= 15 is 0 Å². The summed E-state index contributed by atoms with van der Waals surface area (Å²) < 4.78 is 0. The van der Waals surface area contributed by atoms with E-state index in [1.165, 1.54) is 42.8 Å². The molecule has 1 saturated heterocycles. The summed E-state index contributed by atoms with van der Waals surface area (Å²) in [6.45, 7) is 0.728. The molecule has 4 N–H and O–H groups in total. The predicted octanol–water partition coefficient (Wildman–Crippen LogP) is 1.92. The van der Waals surface area contributed by atoms with Gasteiger partial charge in [-0.2, -0.15) is 11.8 Å². The Kier molecular flexibility index (Phi) is 3.83. The summed E-state index contributed by atoms with van der Waals surface area (Å²) in [4.78, 5) is 16.8. The molecule has 0 bridgehead atoms. The first-order chi connectivity index (χ1) is 9.22. The Morgan fingerprint density at radius 2 is 2.26 bits per heavy atom. The molecule has 0 radical (unpaired) electrons. The Morgan fingerprint density at radius 3 is 2.95 bits per heavy atom. The first-order valence-electron chi connectivity index (χ1n) is 6.65. The van der Waals surface area contributed by atoms with Gasteiger partial charge in [-0.05, 0) is 31.4 Å². The SMILES string of the molecule is Nc1nc(NC2CC2)sc1C(=O)NCC1CCCS1. The van der Waals surface area contributed by atoms with Crippen molar-refractivity contribution in [2.24, 2.45) is 0 Å². The lowest BCUT2D eigenvalue weighted by Crippen LogP contribution is -2.29. The molecule has 1 atom stereocenters. The van der Waals surface area contributed by atoms with E-state index in [4.69, 9.17) is 5.73 Å². The van der Waals surface area contributed by atoms with Gasteiger partial charge in [-0.25, -0.2) is 4.98 Å². The van der Waals surface area contributed by atoms with E-state index in [0.717, 1.165) is 11.7 Å². The maximum absolute atomic E-state index is 12.1. The van der Waals surface area contributed by atoms with Crippen LogP contribution < -0.4 is 16.4 Å². The lowest BCUT2D eigenvalue weighted by molar-refractivity contribution is 0.0958. The van der Waals surface area contributed by atoms with E-state index < -0.39 is 0 Å². The Bertz CT molecular complexity index is 466. The molecule has 1 aliphatic heterocycles. The van der Waals surface area contributed by atoms with E-state index in [2.05, 4.69) is 15.6 Å². The first kappa shape index (κ1) is 13.1. The fourth-order valence-electron chi connectivity index (χ4n) is 2.05. The van der Waals surface area contributed by atoms with Gasteiger partial charge in [-0.15, -0.1) is 0 Å². The molecule has 1 aromatic heterocycles. The molecule has 3 rings (SSSR count). The topological polar surface area (TPSA) is 80.0 Å². The quantitative estimate of drug-likeness (QED) is 0.774. The highest BCUT2D eigenvalue weighted by atomic mass is 32.2. The van der Waals surface area contributed by atoms with Crippen LogP contribution in [0.2, 0.25) is 0 Å². The van der Waals surface area contributed by atoms with Gasteiger partial charge in [-0.1, -0.05) is 11.3 Å². The molecule has 1 unspecified atom stereocenters. The number of hydrogen-bond acceptors (Lipinski definition) is 6. The van der Waals surface area contributed by atoms with Crippen molar-refractivity contribution in [3.8, 4) is 0 Å². The molecule has 1 amide bonds. The standard InChI is InChI=1S/C12H18N4OS2/c13-10-9(19-12(16-10)15-7-3-4-7)11(17)14-6-8-2-1-5-18-8/h7-8H,1-6,13H2,(H,14,17)(H,15,16). The van der Waals surface area contributed by atoms with Gasteiger partial charge in [-0.3, -0.25) is 4.79 Å². The van der Waals surface area contributed by atoms with Crippen LogP contribution in [0, 0.1) is 0 Å². The van der Waals surface area contributed by atoms with Crippen LogP contribution in [0.4, 0.5) is 10.9 Å². The van der Waals surface area contributed by atoms with Crippen LogP contribution in [0.15, 0.2) is 0 Å². The number of aromatic nitrogens is 1. The van der Waals surface area contributed by atoms with Crippen LogP contribution in [0.1, 0.15) is 35.4 Å². The number of amides is 1. The van der Waals surface area contributed by atoms with E-state index in [1.807, 2.05) is 11.8 Å². The zero-order valence-corrected chi connectivity index (χ0v) is 12.3. The maximum atomic E-state index is 12.1. The number of nitrogens with one attached hydrogen (secondary N) is 2. The normalized spacial score (nSPS) is 22.4. The minimum Gasteiger partial charge on any atom is -0.382 e. The average molecular weight is 298 g/mol. The smallest absolute Gasteiger partial charge is 0.265 e. The molecule has 19 heavy (non-hydrogen) atoms. The lowest BCUT2D eigenvalue weighted by Gasteiger charge is -2.09. The maximum Gasteiger partial charge on any atom is 0.265 e. The van der Waals surface area contributed by atoms with Crippen molar-refractivity contribution in [1.29, 1.82) is 0 Å². The summed E-state index contributed by atoms with van der Waals surface area (Å²) in [6, 6.07) is 0.524. The van der Waals surface area contributed by atoms with Gasteiger partial charge >= 0.3 is 0 Å². The molecule has 1 saturated carbocycles. The third-order valence-electron chi connectivity index (χ3n) is 3.28. The average Bonchev–Trinajstić information content (AvgIpc) is 2.90. The van der Waals surface area contributed by atoms with Gasteiger partial charge in [0.2, 0.25) is 0 Å². The predicted molar refractivity (Wildman–Crippen MR) is 81.0 cm³/mol. The second-order valence-corrected chi connectivity index (χ2v) is 7.40. The molecule has 7 heteroatoms. The minimum atomic E-state index is -0.0913.